The molecule has 0 aliphatic carbocycles. The number of benzene rings is 1. The Morgan fingerprint density at radius 1 is 1.33 bits per heavy atom. The molecule has 2 aromatic rings. The second kappa shape index (κ2) is 3.95. The van der Waals surface area contributed by atoms with E-state index in [2.05, 4.69) is 19.2 Å². The van der Waals surface area contributed by atoms with Crippen molar-refractivity contribution in [2.75, 3.05) is 5.73 Å². The van der Waals surface area contributed by atoms with Crippen LogP contribution in [-0.2, 0) is 6.54 Å². The molecule has 0 fully saturated rings. The van der Waals surface area contributed by atoms with Crippen molar-refractivity contribution in [3.05, 3.63) is 30.0 Å². The number of anilines is 1. The first-order valence-electron chi connectivity index (χ1n) is 5.16. The Labute approximate surface area is 89.3 Å². The van der Waals surface area contributed by atoms with E-state index in [9.17, 15) is 0 Å². The Balaban J connectivity index is 2.23. The minimum atomic E-state index is 0.461. The van der Waals surface area contributed by atoms with Crippen LogP contribution in [0.2, 0.25) is 0 Å². The van der Waals surface area contributed by atoms with Gasteiger partial charge in [-0.3, -0.25) is 0 Å². The van der Waals surface area contributed by atoms with Gasteiger partial charge in [0.25, 0.3) is 0 Å². The van der Waals surface area contributed by atoms with Gasteiger partial charge in [-0.05, 0) is 24.3 Å². The normalized spacial score (nSPS) is 11.4. The molecule has 0 saturated carbocycles. The predicted octanol–water partition coefficient (Wildman–Crippen LogP) is 2.51. The van der Waals surface area contributed by atoms with E-state index in [1.54, 1.807) is 0 Å². The first-order valence-corrected chi connectivity index (χ1v) is 5.16. The van der Waals surface area contributed by atoms with Gasteiger partial charge in [-0.1, -0.05) is 13.8 Å². The lowest BCUT2D eigenvalue weighted by molar-refractivity contribution is 0.488. The summed E-state index contributed by atoms with van der Waals surface area (Å²) in [7, 11) is 0. The third-order valence-corrected chi connectivity index (χ3v) is 2.28. The van der Waals surface area contributed by atoms with Crippen molar-refractivity contribution >= 4 is 16.7 Å². The minimum absolute atomic E-state index is 0.461. The van der Waals surface area contributed by atoms with Crippen molar-refractivity contribution in [2.45, 2.75) is 26.4 Å². The molecule has 3 nitrogen and oxygen atoms in total. The van der Waals surface area contributed by atoms with Crippen molar-refractivity contribution in [1.82, 2.24) is 5.32 Å². The Kier molecular flexibility index (Phi) is 2.64. The molecule has 1 heterocycles. The van der Waals surface area contributed by atoms with Gasteiger partial charge in [0.1, 0.15) is 11.3 Å². The van der Waals surface area contributed by atoms with Gasteiger partial charge < -0.3 is 15.5 Å². The van der Waals surface area contributed by atoms with Crippen LogP contribution >= 0.6 is 0 Å². The van der Waals surface area contributed by atoms with Gasteiger partial charge in [-0.2, -0.15) is 0 Å². The fourth-order valence-electron chi connectivity index (χ4n) is 1.51. The maximum atomic E-state index is 5.70. The van der Waals surface area contributed by atoms with Crippen molar-refractivity contribution < 1.29 is 4.42 Å². The Morgan fingerprint density at radius 3 is 2.87 bits per heavy atom. The van der Waals surface area contributed by atoms with Gasteiger partial charge in [0.2, 0.25) is 0 Å². The van der Waals surface area contributed by atoms with Crippen LogP contribution in [0.3, 0.4) is 0 Å². The second-order valence-corrected chi connectivity index (χ2v) is 4.05. The summed E-state index contributed by atoms with van der Waals surface area (Å²) in [6.45, 7) is 4.98. The topological polar surface area (TPSA) is 51.2 Å². The molecule has 0 saturated heterocycles. The molecule has 0 atom stereocenters. The van der Waals surface area contributed by atoms with E-state index in [0.717, 1.165) is 29.0 Å². The van der Waals surface area contributed by atoms with E-state index >= 15 is 0 Å². The number of nitrogens with one attached hydrogen (secondary N) is 1. The van der Waals surface area contributed by atoms with E-state index in [-0.39, 0.29) is 0 Å². The molecule has 0 radical (unpaired) electrons. The van der Waals surface area contributed by atoms with Crippen LogP contribution in [-0.4, -0.2) is 6.04 Å². The summed E-state index contributed by atoms with van der Waals surface area (Å²) in [5.74, 6) is 0.948. The van der Waals surface area contributed by atoms with Gasteiger partial charge in [0.05, 0.1) is 6.54 Å². The number of nitrogen functional groups attached to an aromatic ring is 1. The number of nitrogens with two attached hydrogens (primary N) is 1. The number of hydrogen-bond donors (Lipinski definition) is 2. The summed E-state index contributed by atoms with van der Waals surface area (Å²) < 4.78 is 5.66. The molecule has 0 bridgehead atoms. The Bertz CT molecular complexity index is 460. The maximum Gasteiger partial charge on any atom is 0.134 e. The van der Waals surface area contributed by atoms with E-state index in [0.29, 0.717) is 6.04 Å². The molecule has 1 aromatic carbocycles. The number of furan rings is 1. The number of fused-ring (bicyclic) bond motifs is 1. The fourth-order valence-corrected chi connectivity index (χ4v) is 1.51. The number of rotatable bonds is 3. The summed E-state index contributed by atoms with van der Waals surface area (Å²) in [5.41, 5.74) is 7.36. The summed E-state index contributed by atoms with van der Waals surface area (Å²) in [6, 6.07) is 8.18. The van der Waals surface area contributed by atoms with Gasteiger partial charge in [0.15, 0.2) is 0 Å². The summed E-state index contributed by atoms with van der Waals surface area (Å²) in [5, 5.41) is 4.38. The van der Waals surface area contributed by atoms with Crippen molar-refractivity contribution in [2.24, 2.45) is 0 Å². The third-order valence-electron chi connectivity index (χ3n) is 2.28. The molecular formula is C12H16N2O. The molecule has 3 heteroatoms. The summed E-state index contributed by atoms with van der Waals surface area (Å²) >= 11 is 0. The lowest BCUT2D eigenvalue weighted by Crippen LogP contribution is -2.21. The fraction of sp³-hybridized carbons (Fsp3) is 0.333. The lowest BCUT2D eigenvalue weighted by Gasteiger charge is -2.04. The SMILES string of the molecule is CC(C)NCc1cc2cc(N)ccc2o1. The first-order chi connectivity index (χ1) is 7.15. The third kappa shape index (κ3) is 2.30. The Hall–Kier alpha value is -1.48. The monoisotopic (exact) mass is 204 g/mol. The smallest absolute Gasteiger partial charge is 0.134 e. The molecule has 2 rings (SSSR count). The van der Waals surface area contributed by atoms with Crippen molar-refractivity contribution in [3.63, 3.8) is 0 Å². The molecular weight excluding hydrogens is 188 g/mol. The molecule has 0 aliphatic rings. The molecule has 1 aromatic heterocycles. The van der Waals surface area contributed by atoms with Crippen LogP contribution in [0.15, 0.2) is 28.7 Å². The van der Waals surface area contributed by atoms with Crippen LogP contribution in [0.1, 0.15) is 19.6 Å². The highest BCUT2D eigenvalue weighted by Crippen LogP contribution is 2.21. The second-order valence-electron chi connectivity index (χ2n) is 4.05. The molecule has 0 aliphatic heterocycles. The molecule has 15 heavy (non-hydrogen) atoms. The number of hydrogen-bond acceptors (Lipinski definition) is 3. The standard InChI is InChI=1S/C12H16N2O/c1-8(2)14-7-11-6-9-5-10(13)3-4-12(9)15-11/h3-6,8,14H,7,13H2,1-2H3. The highest BCUT2D eigenvalue weighted by atomic mass is 16.3. The molecule has 3 N–H and O–H groups in total. The van der Waals surface area contributed by atoms with Crippen LogP contribution in [0, 0.1) is 0 Å². The summed E-state index contributed by atoms with van der Waals surface area (Å²) in [4.78, 5) is 0. The zero-order chi connectivity index (χ0) is 10.8. The maximum absolute atomic E-state index is 5.70. The average molecular weight is 204 g/mol. The highest BCUT2D eigenvalue weighted by Gasteiger charge is 2.04. The van der Waals surface area contributed by atoms with Gasteiger partial charge in [-0.25, -0.2) is 0 Å². The molecule has 0 amide bonds. The van der Waals surface area contributed by atoms with E-state index in [1.807, 2.05) is 24.3 Å². The van der Waals surface area contributed by atoms with E-state index < -0.39 is 0 Å². The van der Waals surface area contributed by atoms with Crippen LogP contribution in [0.5, 0.6) is 0 Å². The zero-order valence-corrected chi connectivity index (χ0v) is 9.08. The average Bonchev–Trinajstić information content (AvgIpc) is 2.56. The van der Waals surface area contributed by atoms with Gasteiger partial charge >= 0.3 is 0 Å². The molecule has 0 unspecified atom stereocenters. The first kappa shape index (κ1) is 10.1. The Morgan fingerprint density at radius 2 is 2.13 bits per heavy atom. The predicted molar refractivity (Wildman–Crippen MR) is 62.6 cm³/mol. The van der Waals surface area contributed by atoms with Gasteiger partial charge in [0, 0.05) is 17.1 Å². The quantitative estimate of drug-likeness (QED) is 0.755. The zero-order valence-electron chi connectivity index (χ0n) is 9.08. The van der Waals surface area contributed by atoms with Crippen molar-refractivity contribution in [1.29, 1.82) is 0 Å². The minimum Gasteiger partial charge on any atom is -0.460 e. The van der Waals surface area contributed by atoms with Crippen LogP contribution in [0.4, 0.5) is 5.69 Å². The van der Waals surface area contributed by atoms with Crippen LogP contribution < -0.4 is 11.1 Å². The van der Waals surface area contributed by atoms with Crippen LogP contribution in [0.25, 0.3) is 11.0 Å². The van der Waals surface area contributed by atoms with E-state index in [1.165, 1.54) is 0 Å². The van der Waals surface area contributed by atoms with Gasteiger partial charge in [-0.15, -0.1) is 0 Å². The van der Waals surface area contributed by atoms with Crippen molar-refractivity contribution in [3.8, 4) is 0 Å². The molecule has 0 spiro atoms. The highest BCUT2D eigenvalue weighted by molar-refractivity contribution is 5.81. The molecule has 80 valence electrons. The summed E-state index contributed by atoms with van der Waals surface area (Å²) in [6.07, 6.45) is 0. The van der Waals surface area contributed by atoms with E-state index in [4.69, 9.17) is 10.2 Å². The lowest BCUT2D eigenvalue weighted by atomic mass is 10.2. The largest absolute Gasteiger partial charge is 0.460 e.